The zero-order valence-corrected chi connectivity index (χ0v) is 9.00. The predicted octanol–water partition coefficient (Wildman–Crippen LogP) is 1.78. The lowest BCUT2D eigenvalue weighted by Gasteiger charge is -2.15. The van der Waals surface area contributed by atoms with E-state index in [0.717, 1.165) is 25.6 Å². The molecule has 1 saturated heterocycles. The number of benzene rings is 1. The average molecular weight is 227 g/mol. The van der Waals surface area contributed by atoms with Crippen LogP contribution in [-0.4, -0.2) is 29.7 Å². The Morgan fingerprint density at radius 3 is 2.50 bits per heavy atom. The zero-order valence-electron chi connectivity index (χ0n) is 9.00. The van der Waals surface area contributed by atoms with E-state index >= 15 is 0 Å². The van der Waals surface area contributed by atoms with Gasteiger partial charge >= 0.3 is 0 Å². The topological polar surface area (TPSA) is 23.5 Å². The molecule has 0 aliphatic carbocycles. The lowest BCUT2D eigenvalue weighted by Crippen LogP contribution is -2.21. The second-order valence-corrected chi connectivity index (χ2v) is 4.35. The quantitative estimate of drug-likeness (QED) is 0.850. The van der Waals surface area contributed by atoms with Crippen molar-refractivity contribution in [2.45, 2.75) is 13.0 Å². The SMILES string of the molecule is OC[C@@H]1CCN(Cc2cc(F)cc(F)c2)C1. The van der Waals surface area contributed by atoms with Crippen LogP contribution in [0.15, 0.2) is 18.2 Å². The monoisotopic (exact) mass is 227 g/mol. The molecule has 0 aromatic heterocycles. The number of aliphatic hydroxyl groups excluding tert-OH is 1. The summed E-state index contributed by atoms with van der Waals surface area (Å²) in [6.07, 6.45) is 0.953. The second kappa shape index (κ2) is 4.89. The van der Waals surface area contributed by atoms with Crippen molar-refractivity contribution in [3.63, 3.8) is 0 Å². The third kappa shape index (κ3) is 2.77. The molecule has 1 aliphatic heterocycles. The molecule has 1 aromatic rings. The van der Waals surface area contributed by atoms with Crippen LogP contribution in [0.3, 0.4) is 0 Å². The number of aliphatic hydroxyl groups is 1. The summed E-state index contributed by atoms with van der Waals surface area (Å²) in [5.74, 6) is -0.765. The Kier molecular flexibility index (Phi) is 3.51. The third-order valence-electron chi connectivity index (χ3n) is 2.96. The van der Waals surface area contributed by atoms with Crippen LogP contribution in [0.4, 0.5) is 8.78 Å². The van der Waals surface area contributed by atoms with Crippen molar-refractivity contribution in [1.29, 1.82) is 0 Å². The fraction of sp³-hybridized carbons (Fsp3) is 0.500. The van der Waals surface area contributed by atoms with Gasteiger partial charge in [0.15, 0.2) is 0 Å². The van der Waals surface area contributed by atoms with Gasteiger partial charge in [0.05, 0.1) is 0 Å². The van der Waals surface area contributed by atoms with Crippen LogP contribution in [-0.2, 0) is 6.54 Å². The smallest absolute Gasteiger partial charge is 0.126 e. The molecule has 88 valence electrons. The van der Waals surface area contributed by atoms with E-state index in [4.69, 9.17) is 5.11 Å². The van der Waals surface area contributed by atoms with Gasteiger partial charge < -0.3 is 5.11 Å². The van der Waals surface area contributed by atoms with Crippen LogP contribution in [0.1, 0.15) is 12.0 Å². The molecule has 1 aliphatic rings. The van der Waals surface area contributed by atoms with E-state index < -0.39 is 11.6 Å². The Balaban J connectivity index is 1.99. The standard InChI is InChI=1S/C12H15F2NO/c13-11-3-10(4-12(14)5-11)7-15-2-1-9(6-15)8-16/h3-5,9,16H,1-2,6-8H2/t9-/m1/s1. The number of nitrogens with zero attached hydrogens (tertiary/aromatic N) is 1. The van der Waals surface area contributed by atoms with Gasteiger partial charge in [0.1, 0.15) is 11.6 Å². The number of likely N-dealkylation sites (tertiary alicyclic amines) is 1. The molecule has 1 N–H and O–H groups in total. The first kappa shape index (κ1) is 11.5. The van der Waals surface area contributed by atoms with Crippen LogP contribution in [0.5, 0.6) is 0 Å². The number of rotatable bonds is 3. The van der Waals surface area contributed by atoms with Gasteiger partial charge in [-0.1, -0.05) is 0 Å². The summed E-state index contributed by atoms with van der Waals surface area (Å²) in [4.78, 5) is 2.11. The molecule has 4 heteroatoms. The van der Waals surface area contributed by atoms with E-state index in [1.807, 2.05) is 0 Å². The zero-order chi connectivity index (χ0) is 11.5. The van der Waals surface area contributed by atoms with Gasteiger partial charge in [0.2, 0.25) is 0 Å². The van der Waals surface area contributed by atoms with E-state index in [1.54, 1.807) is 0 Å². The van der Waals surface area contributed by atoms with E-state index in [9.17, 15) is 8.78 Å². The minimum atomic E-state index is -0.534. The average Bonchev–Trinajstić information content (AvgIpc) is 2.64. The van der Waals surface area contributed by atoms with Crippen molar-refractivity contribution in [1.82, 2.24) is 4.90 Å². The van der Waals surface area contributed by atoms with Crippen molar-refractivity contribution in [2.75, 3.05) is 19.7 Å². The van der Waals surface area contributed by atoms with Crippen LogP contribution in [0, 0.1) is 17.6 Å². The summed E-state index contributed by atoms with van der Waals surface area (Å²) >= 11 is 0. The molecule has 0 bridgehead atoms. The van der Waals surface area contributed by atoms with Gasteiger partial charge in [-0.05, 0) is 36.6 Å². The lowest BCUT2D eigenvalue weighted by molar-refractivity contribution is 0.220. The normalized spacial score (nSPS) is 21.6. The molecule has 2 nitrogen and oxygen atoms in total. The Labute approximate surface area is 93.5 Å². The van der Waals surface area contributed by atoms with Crippen molar-refractivity contribution in [2.24, 2.45) is 5.92 Å². The van der Waals surface area contributed by atoms with E-state index in [-0.39, 0.29) is 6.61 Å². The fourth-order valence-corrected chi connectivity index (χ4v) is 2.17. The summed E-state index contributed by atoms with van der Waals surface area (Å²) in [5, 5.41) is 8.99. The van der Waals surface area contributed by atoms with Gasteiger partial charge in [-0.15, -0.1) is 0 Å². The molecule has 16 heavy (non-hydrogen) atoms. The number of halogens is 2. The Hall–Kier alpha value is -1.00. The molecule has 0 unspecified atom stereocenters. The molecule has 1 heterocycles. The third-order valence-corrected chi connectivity index (χ3v) is 2.96. The highest BCUT2D eigenvalue weighted by atomic mass is 19.1. The molecular formula is C12H15F2NO. The van der Waals surface area contributed by atoms with Gasteiger partial charge in [0, 0.05) is 25.8 Å². The molecular weight excluding hydrogens is 212 g/mol. The van der Waals surface area contributed by atoms with Gasteiger partial charge in [-0.3, -0.25) is 4.90 Å². The lowest BCUT2D eigenvalue weighted by atomic mass is 10.1. The first-order chi connectivity index (χ1) is 7.67. The van der Waals surface area contributed by atoms with E-state index in [1.165, 1.54) is 12.1 Å². The minimum Gasteiger partial charge on any atom is -0.396 e. The molecule has 0 amide bonds. The summed E-state index contributed by atoms with van der Waals surface area (Å²) in [6.45, 7) is 2.41. The highest BCUT2D eigenvalue weighted by Gasteiger charge is 2.21. The van der Waals surface area contributed by atoms with E-state index in [2.05, 4.69) is 4.90 Å². The fourth-order valence-electron chi connectivity index (χ4n) is 2.17. The van der Waals surface area contributed by atoms with Crippen molar-refractivity contribution < 1.29 is 13.9 Å². The van der Waals surface area contributed by atoms with Crippen LogP contribution < -0.4 is 0 Å². The van der Waals surface area contributed by atoms with Crippen molar-refractivity contribution in [3.8, 4) is 0 Å². The maximum atomic E-state index is 12.9. The maximum Gasteiger partial charge on any atom is 0.126 e. The summed E-state index contributed by atoms with van der Waals surface area (Å²) in [5.41, 5.74) is 0.649. The van der Waals surface area contributed by atoms with Crippen LogP contribution >= 0.6 is 0 Å². The molecule has 0 radical (unpaired) electrons. The highest BCUT2D eigenvalue weighted by molar-refractivity contribution is 5.17. The molecule has 1 fully saturated rings. The van der Waals surface area contributed by atoms with Gasteiger partial charge in [-0.25, -0.2) is 8.78 Å². The minimum absolute atomic E-state index is 0.189. The number of hydrogen-bond acceptors (Lipinski definition) is 2. The van der Waals surface area contributed by atoms with Crippen molar-refractivity contribution >= 4 is 0 Å². The molecule has 1 aromatic carbocycles. The summed E-state index contributed by atoms with van der Waals surface area (Å²) in [7, 11) is 0. The molecule has 0 saturated carbocycles. The Morgan fingerprint density at radius 1 is 1.25 bits per heavy atom. The highest BCUT2D eigenvalue weighted by Crippen LogP contribution is 2.18. The molecule has 2 rings (SSSR count). The van der Waals surface area contributed by atoms with E-state index in [0.29, 0.717) is 18.0 Å². The van der Waals surface area contributed by atoms with Gasteiger partial charge in [-0.2, -0.15) is 0 Å². The number of hydrogen-bond donors (Lipinski definition) is 1. The maximum absolute atomic E-state index is 12.9. The summed E-state index contributed by atoms with van der Waals surface area (Å²) < 4.78 is 25.9. The Morgan fingerprint density at radius 2 is 1.94 bits per heavy atom. The largest absolute Gasteiger partial charge is 0.396 e. The molecule has 0 spiro atoms. The van der Waals surface area contributed by atoms with Crippen molar-refractivity contribution in [3.05, 3.63) is 35.4 Å². The predicted molar refractivity (Wildman–Crippen MR) is 56.8 cm³/mol. The first-order valence-electron chi connectivity index (χ1n) is 5.45. The second-order valence-electron chi connectivity index (χ2n) is 4.35. The summed E-state index contributed by atoms with van der Waals surface area (Å²) in [6, 6.07) is 3.59. The molecule has 1 atom stereocenters. The van der Waals surface area contributed by atoms with Gasteiger partial charge in [0.25, 0.3) is 0 Å². The van der Waals surface area contributed by atoms with Crippen LogP contribution in [0.2, 0.25) is 0 Å². The Bertz CT molecular complexity index is 350. The first-order valence-corrected chi connectivity index (χ1v) is 5.45. The van der Waals surface area contributed by atoms with Crippen LogP contribution in [0.25, 0.3) is 0 Å².